The zero-order valence-corrected chi connectivity index (χ0v) is 17.5. The summed E-state index contributed by atoms with van der Waals surface area (Å²) in [4.78, 5) is 19.9. The van der Waals surface area contributed by atoms with Crippen molar-refractivity contribution in [2.24, 2.45) is 7.05 Å². The Morgan fingerprint density at radius 2 is 1.80 bits per heavy atom. The Labute approximate surface area is 176 Å². The molecule has 0 atom stereocenters. The zero-order chi connectivity index (χ0) is 21.1. The summed E-state index contributed by atoms with van der Waals surface area (Å²) in [7, 11) is 1.94. The van der Waals surface area contributed by atoms with Crippen LogP contribution in [0.15, 0.2) is 73.1 Å². The van der Waals surface area contributed by atoms with E-state index in [1.165, 1.54) is 0 Å². The number of carbonyl (C=O) groups is 1. The van der Waals surface area contributed by atoms with Gasteiger partial charge in [0.2, 0.25) is 0 Å². The smallest absolute Gasteiger partial charge is 0.276 e. The Bertz CT molecular complexity index is 1160. The molecule has 6 heteroatoms. The van der Waals surface area contributed by atoms with Gasteiger partial charge in [0.05, 0.1) is 12.2 Å². The Morgan fingerprint density at radius 1 is 1.03 bits per heavy atom. The molecule has 2 aromatic heterocycles. The first-order valence-electron chi connectivity index (χ1n) is 10.0. The first-order chi connectivity index (χ1) is 14.6. The normalized spacial score (nSPS) is 10.9. The van der Waals surface area contributed by atoms with Crippen LogP contribution in [0.4, 0.5) is 5.69 Å². The molecule has 4 rings (SSSR count). The van der Waals surface area contributed by atoms with Crippen LogP contribution in [-0.4, -0.2) is 25.2 Å². The van der Waals surface area contributed by atoms with E-state index in [0.717, 1.165) is 28.3 Å². The van der Waals surface area contributed by atoms with Crippen LogP contribution in [0.1, 0.15) is 28.9 Å². The van der Waals surface area contributed by atoms with Gasteiger partial charge in [0, 0.05) is 31.7 Å². The minimum atomic E-state index is -0.0920. The molecule has 0 radical (unpaired) electrons. The standard InChI is InChI=1S/C24H25N5O/c1-4-29-22(15-18(2)26-29)24(30)28(17-23-25-13-14-27(23)3)21-12-8-11-20(16-21)19-9-6-5-7-10-19/h5-16H,4,17H2,1-3H3. The molecule has 0 saturated heterocycles. The molecule has 0 aliphatic carbocycles. The molecule has 0 aliphatic rings. The molecule has 0 fully saturated rings. The maximum Gasteiger partial charge on any atom is 0.276 e. The van der Waals surface area contributed by atoms with E-state index in [9.17, 15) is 4.79 Å². The van der Waals surface area contributed by atoms with Gasteiger partial charge in [0.15, 0.2) is 0 Å². The molecule has 0 N–H and O–H groups in total. The Morgan fingerprint density at radius 3 is 2.50 bits per heavy atom. The first kappa shape index (κ1) is 19.6. The van der Waals surface area contributed by atoms with E-state index in [1.807, 2.05) is 68.1 Å². The molecule has 2 aromatic carbocycles. The monoisotopic (exact) mass is 399 g/mol. The number of nitrogens with zero attached hydrogens (tertiary/aromatic N) is 5. The van der Waals surface area contributed by atoms with Crippen LogP contribution in [-0.2, 0) is 20.1 Å². The fourth-order valence-electron chi connectivity index (χ4n) is 3.55. The van der Waals surface area contributed by atoms with E-state index in [2.05, 4.69) is 34.3 Å². The van der Waals surface area contributed by atoms with Gasteiger partial charge in [-0.1, -0.05) is 42.5 Å². The first-order valence-corrected chi connectivity index (χ1v) is 10.0. The summed E-state index contributed by atoms with van der Waals surface area (Å²) in [5.74, 6) is 0.721. The third-order valence-electron chi connectivity index (χ3n) is 5.15. The van der Waals surface area contributed by atoms with Crippen molar-refractivity contribution in [3.8, 4) is 11.1 Å². The molecule has 1 amide bonds. The fourth-order valence-corrected chi connectivity index (χ4v) is 3.55. The largest absolute Gasteiger partial charge is 0.337 e. The molecule has 0 bridgehead atoms. The number of benzene rings is 2. The van der Waals surface area contributed by atoms with Gasteiger partial charge in [0.25, 0.3) is 5.91 Å². The van der Waals surface area contributed by atoms with E-state index >= 15 is 0 Å². The molecule has 0 spiro atoms. The quantitative estimate of drug-likeness (QED) is 0.481. The van der Waals surface area contributed by atoms with Crippen molar-refractivity contribution >= 4 is 11.6 Å². The lowest BCUT2D eigenvalue weighted by atomic mass is 10.0. The van der Waals surface area contributed by atoms with Crippen LogP contribution in [0.25, 0.3) is 11.1 Å². The molecule has 6 nitrogen and oxygen atoms in total. The fraction of sp³-hybridized carbons (Fsp3) is 0.208. The lowest BCUT2D eigenvalue weighted by Gasteiger charge is -2.23. The second-order valence-electron chi connectivity index (χ2n) is 7.25. The van der Waals surface area contributed by atoms with E-state index in [-0.39, 0.29) is 5.91 Å². The van der Waals surface area contributed by atoms with Crippen LogP contribution in [0.3, 0.4) is 0 Å². The molecule has 4 aromatic rings. The molecule has 2 heterocycles. The summed E-state index contributed by atoms with van der Waals surface area (Å²) in [6.07, 6.45) is 3.64. The molecule has 0 unspecified atom stereocenters. The maximum absolute atomic E-state index is 13.7. The predicted molar refractivity (Wildman–Crippen MR) is 118 cm³/mol. The van der Waals surface area contributed by atoms with Crippen molar-refractivity contribution in [2.75, 3.05) is 4.90 Å². The van der Waals surface area contributed by atoms with Gasteiger partial charge in [0.1, 0.15) is 11.5 Å². The lowest BCUT2D eigenvalue weighted by molar-refractivity contribution is 0.0974. The van der Waals surface area contributed by atoms with Crippen molar-refractivity contribution in [1.29, 1.82) is 0 Å². The summed E-state index contributed by atoms with van der Waals surface area (Å²) >= 11 is 0. The highest BCUT2D eigenvalue weighted by atomic mass is 16.2. The minimum absolute atomic E-state index is 0.0920. The summed E-state index contributed by atoms with van der Waals surface area (Å²) in [6.45, 7) is 4.90. The zero-order valence-electron chi connectivity index (χ0n) is 17.5. The summed E-state index contributed by atoms with van der Waals surface area (Å²) < 4.78 is 3.69. The SMILES string of the molecule is CCn1nc(C)cc1C(=O)N(Cc1nccn1C)c1cccc(-c2ccccc2)c1. The van der Waals surface area contributed by atoms with Gasteiger partial charge in [-0.3, -0.25) is 14.4 Å². The van der Waals surface area contributed by atoms with Gasteiger partial charge in [-0.15, -0.1) is 0 Å². The number of rotatable bonds is 6. The third kappa shape index (κ3) is 3.89. The van der Waals surface area contributed by atoms with Crippen LogP contribution in [0.2, 0.25) is 0 Å². The maximum atomic E-state index is 13.7. The van der Waals surface area contributed by atoms with Gasteiger partial charge in [-0.25, -0.2) is 4.98 Å². The molecule has 152 valence electrons. The third-order valence-corrected chi connectivity index (χ3v) is 5.15. The topological polar surface area (TPSA) is 56.0 Å². The Hall–Kier alpha value is -3.67. The van der Waals surface area contributed by atoms with Gasteiger partial charge in [-0.05, 0) is 43.2 Å². The molecule has 30 heavy (non-hydrogen) atoms. The number of aryl methyl sites for hydroxylation is 3. The van der Waals surface area contributed by atoms with Crippen molar-refractivity contribution in [3.05, 3.63) is 90.3 Å². The highest BCUT2D eigenvalue weighted by Crippen LogP contribution is 2.27. The van der Waals surface area contributed by atoms with Crippen LogP contribution in [0, 0.1) is 6.92 Å². The molecule has 0 saturated carbocycles. The predicted octanol–water partition coefficient (Wildman–Crippen LogP) is 4.46. The summed E-state index contributed by atoms with van der Waals surface area (Å²) in [6, 6.07) is 20.1. The number of imidazole rings is 1. The molecular formula is C24H25N5O. The minimum Gasteiger partial charge on any atom is -0.337 e. The van der Waals surface area contributed by atoms with Gasteiger partial charge in [-0.2, -0.15) is 5.10 Å². The van der Waals surface area contributed by atoms with Crippen molar-refractivity contribution in [3.63, 3.8) is 0 Å². The van der Waals surface area contributed by atoms with E-state index in [0.29, 0.717) is 18.8 Å². The summed E-state index contributed by atoms with van der Waals surface area (Å²) in [5, 5.41) is 4.45. The van der Waals surface area contributed by atoms with Crippen LogP contribution >= 0.6 is 0 Å². The van der Waals surface area contributed by atoms with E-state index in [4.69, 9.17) is 0 Å². The second kappa shape index (κ2) is 8.37. The highest BCUT2D eigenvalue weighted by molar-refractivity contribution is 6.05. The van der Waals surface area contributed by atoms with Gasteiger partial charge < -0.3 is 4.57 Å². The van der Waals surface area contributed by atoms with Gasteiger partial charge >= 0.3 is 0 Å². The van der Waals surface area contributed by atoms with Crippen LogP contribution < -0.4 is 4.90 Å². The van der Waals surface area contributed by atoms with Crippen molar-refractivity contribution < 1.29 is 4.79 Å². The number of carbonyl (C=O) groups excluding carboxylic acids is 1. The highest BCUT2D eigenvalue weighted by Gasteiger charge is 2.24. The average molecular weight is 399 g/mol. The van der Waals surface area contributed by atoms with Crippen LogP contribution in [0.5, 0.6) is 0 Å². The number of hydrogen-bond acceptors (Lipinski definition) is 3. The Kier molecular flexibility index (Phi) is 5.48. The van der Waals surface area contributed by atoms with Crippen molar-refractivity contribution in [2.45, 2.75) is 26.9 Å². The molecule has 0 aliphatic heterocycles. The van der Waals surface area contributed by atoms with E-state index < -0.39 is 0 Å². The number of aromatic nitrogens is 4. The Balaban J connectivity index is 1.78. The average Bonchev–Trinajstić information content (AvgIpc) is 3.37. The van der Waals surface area contributed by atoms with E-state index in [1.54, 1.807) is 15.8 Å². The number of hydrogen-bond donors (Lipinski definition) is 0. The number of amides is 1. The summed E-state index contributed by atoms with van der Waals surface area (Å²) in [5.41, 5.74) is 4.40. The number of anilines is 1. The second-order valence-corrected chi connectivity index (χ2v) is 7.25. The van der Waals surface area contributed by atoms with Crippen molar-refractivity contribution in [1.82, 2.24) is 19.3 Å². The molecular weight excluding hydrogens is 374 g/mol. The lowest BCUT2D eigenvalue weighted by Crippen LogP contribution is -2.33.